The van der Waals surface area contributed by atoms with Crippen LogP contribution in [-0.2, 0) is 19.0 Å². The van der Waals surface area contributed by atoms with Gasteiger partial charge in [-0.3, -0.25) is 4.79 Å². The molecule has 0 unspecified atom stereocenters. The molecular weight excluding hydrogens is 188 g/mol. The molecule has 0 saturated heterocycles. The average molecular weight is 206 g/mol. The second-order valence-corrected chi connectivity index (χ2v) is 2.28. The Balaban J connectivity index is 0. The average Bonchev–Trinajstić information content (AvgIpc) is 2.23. The molecule has 0 heterocycles. The van der Waals surface area contributed by atoms with Crippen LogP contribution in [0.1, 0.15) is 26.7 Å². The van der Waals surface area contributed by atoms with E-state index in [1.165, 1.54) is 7.11 Å². The molecule has 0 aliphatic heterocycles. The summed E-state index contributed by atoms with van der Waals surface area (Å²) >= 11 is 0. The molecule has 5 heteroatoms. The van der Waals surface area contributed by atoms with E-state index in [0.717, 1.165) is 12.8 Å². The van der Waals surface area contributed by atoms with Crippen molar-refractivity contribution < 1.29 is 23.8 Å². The maximum Gasteiger partial charge on any atom is 0.508 e. The first kappa shape index (κ1) is 15.2. The normalized spacial score (nSPS) is 7.93. The SMILES string of the molecule is CCCOC(=O)OCCC.COC=O. The van der Waals surface area contributed by atoms with Gasteiger partial charge in [0, 0.05) is 0 Å². The van der Waals surface area contributed by atoms with Gasteiger partial charge in [0.15, 0.2) is 0 Å². The molecule has 0 aromatic heterocycles. The van der Waals surface area contributed by atoms with Crippen molar-refractivity contribution in [1.82, 2.24) is 0 Å². The lowest BCUT2D eigenvalue weighted by Gasteiger charge is -2.02. The van der Waals surface area contributed by atoms with Crippen molar-refractivity contribution in [2.75, 3.05) is 20.3 Å². The molecule has 0 radical (unpaired) electrons. The molecule has 0 N–H and O–H groups in total. The topological polar surface area (TPSA) is 61.8 Å². The maximum absolute atomic E-state index is 10.5. The molecule has 0 rings (SSSR count). The van der Waals surface area contributed by atoms with E-state index in [1.807, 2.05) is 13.8 Å². The minimum atomic E-state index is -0.552. The number of carbonyl (C=O) groups is 2. The third-order valence-corrected chi connectivity index (χ3v) is 0.944. The molecule has 5 nitrogen and oxygen atoms in total. The van der Waals surface area contributed by atoms with Gasteiger partial charge in [-0.25, -0.2) is 4.79 Å². The smallest absolute Gasteiger partial charge is 0.471 e. The number of rotatable bonds is 5. The summed E-state index contributed by atoms with van der Waals surface area (Å²) in [7, 11) is 1.31. The zero-order valence-corrected chi connectivity index (χ0v) is 8.95. The minimum absolute atomic E-state index is 0.375. The lowest BCUT2D eigenvalue weighted by Crippen LogP contribution is -2.08. The van der Waals surface area contributed by atoms with Crippen LogP contribution in [0.15, 0.2) is 0 Å². The van der Waals surface area contributed by atoms with Crippen molar-refractivity contribution in [2.24, 2.45) is 0 Å². The molecule has 0 saturated carbocycles. The summed E-state index contributed by atoms with van der Waals surface area (Å²) in [4.78, 5) is 19.5. The number of methoxy groups -OCH3 is 1. The Morgan fingerprint density at radius 1 is 1.14 bits per heavy atom. The lowest BCUT2D eigenvalue weighted by atomic mass is 10.5. The summed E-state index contributed by atoms with van der Waals surface area (Å²) in [6.45, 7) is 5.14. The zero-order chi connectivity index (χ0) is 11.2. The molecule has 84 valence electrons. The quantitative estimate of drug-likeness (QED) is 0.506. The number of ether oxygens (including phenoxy) is 3. The fraction of sp³-hybridized carbons (Fsp3) is 0.778. The van der Waals surface area contributed by atoms with Gasteiger partial charge in [0.2, 0.25) is 0 Å². The highest BCUT2D eigenvalue weighted by atomic mass is 16.7. The van der Waals surface area contributed by atoms with E-state index in [4.69, 9.17) is 4.79 Å². The monoisotopic (exact) mass is 206 g/mol. The Morgan fingerprint density at radius 3 is 1.71 bits per heavy atom. The van der Waals surface area contributed by atoms with Crippen LogP contribution in [0.3, 0.4) is 0 Å². The standard InChI is InChI=1S/C7H14O3.C2H4O2/c1-3-5-9-7(8)10-6-4-2;1-4-2-3/h3-6H2,1-2H3;2H,1H3. The van der Waals surface area contributed by atoms with E-state index in [0.29, 0.717) is 19.7 Å². The van der Waals surface area contributed by atoms with Gasteiger partial charge < -0.3 is 14.2 Å². The Hall–Kier alpha value is -1.26. The Kier molecular flexibility index (Phi) is 15.5. The predicted molar refractivity (Wildman–Crippen MR) is 51.0 cm³/mol. The van der Waals surface area contributed by atoms with Crippen molar-refractivity contribution in [3.8, 4) is 0 Å². The van der Waals surface area contributed by atoms with Gasteiger partial charge in [-0.15, -0.1) is 0 Å². The van der Waals surface area contributed by atoms with E-state index in [2.05, 4.69) is 14.2 Å². The van der Waals surface area contributed by atoms with Crippen molar-refractivity contribution >= 4 is 12.6 Å². The first-order chi connectivity index (χ1) is 6.72. The van der Waals surface area contributed by atoms with Crippen LogP contribution >= 0.6 is 0 Å². The fourth-order valence-electron chi connectivity index (χ4n) is 0.412. The van der Waals surface area contributed by atoms with Crippen LogP contribution in [0.5, 0.6) is 0 Å². The molecule has 0 aromatic carbocycles. The van der Waals surface area contributed by atoms with E-state index in [1.54, 1.807) is 0 Å². The van der Waals surface area contributed by atoms with Crippen LogP contribution in [-0.4, -0.2) is 33.0 Å². The molecule has 0 atom stereocenters. The van der Waals surface area contributed by atoms with Crippen LogP contribution in [0.25, 0.3) is 0 Å². The second-order valence-electron chi connectivity index (χ2n) is 2.28. The lowest BCUT2D eigenvalue weighted by molar-refractivity contribution is -0.126. The first-order valence-electron chi connectivity index (χ1n) is 4.48. The van der Waals surface area contributed by atoms with Crippen molar-refractivity contribution in [3.05, 3.63) is 0 Å². The molecular formula is C9H18O5. The van der Waals surface area contributed by atoms with Crippen LogP contribution < -0.4 is 0 Å². The summed E-state index contributed by atoms with van der Waals surface area (Å²) < 4.78 is 13.1. The molecule has 0 fully saturated rings. The first-order valence-corrected chi connectivity index (χ1v) is 4.48. The van der Waals surface area contributed by atoms with E-state index >= 15 is 0 Å². The van der Waals surface area contributed by atoms with Gasteiger partial charge >= 0.3 is 6.16 Å². The number of hydrogen-bond donors (Lipinski definition) is 0. The Bertz CT molecular complexity index is 125. The summed E-state index contributed by atoms with van der Waals surface area (Å²) in [5.74, 6) is 0. The van der Waals surface area contributed by atoms with Gasteiger partial charge in [-0.1, -0.05) is 13.8 Å². The summed E-state index contributed by atoms with van der Waals surface area (Å²) in [5, 5.41) is 0. The summed E-state index contributed by atoms with van der Waals surface area (Å²) in [5.41, 5.74) is 0. The summed E-state index contributed by atoms with van der Waals surface area (Å²) in [6, 6.07) is 0. The number of carbonyl (C=O) groups excluding carboxylic acids is 2. The Labute approximate surface area is 84.3 Å². The highest BCUT2D eigenvalue weighted by Gasteiger charge is 1.99. The highest BCUT2D eigenvalue weighted by Crippen LogP contribution is 1.88. The second kappa shape index (κ2) is 14.3. The third kappa shape index (κ3) is 17.0. The predicted octanol–water partition coefficient (Wildman–Crippen LogP) is 1.75. The van der Waals surface area contributed by atoms with Gasteiger partial charge in [0.1, 0.15) is 0 Å². The zero-order valence-electron chi connectivity index (χ0n) is 8.95. The molecule has 0 aromatic rings. The molecule has 0 bridgehead atoms. The van der Waals surface area contributed by atoms with Gasteiger partial charge in [0.25, 0.3) is 6.47 Å². The van der Waals surface area contributed by atoms with Crippen molar-refractivity contribution in [1.29, 1.82) is 0 Å². The molecule has 0 aliphatic carbocycles. The minimum Gasteiger partial charge on any atom is -0.471 e. The van der Waals surface area contributed by atoms with Gasteiger partial charge in [-0.2, -0.15) is 0 Å². The molecule has 0 spiro atoms. The van der Waals surface area contributed by atoms with Crippen molar-refractivity contribution in [2.45, 2.75) is 26.7 Å². The van der Waals surface area contributed by atoms with E-state index < -0.39 is 6.16 Å². The van der Waals surface area contributed by atoms with E-state index in [9.17, 15) is 4.79 Å². The number of hydrogen-bond acceptors (Lipinski definition) is 5. The van der Waals surface area contributed by atoms with Crippen LogP contribution in [0.2, 0.25) is 0 Å². The van der Waals surface area contributed by atoms with Crippen LogP contribution in [0.4, 0.5) is 4.79 Å². The fourth-order valence-corrected chi connectivity index (χ4v) is 0.412. The van der Waals surface area contributed by atoms with Crippen molar-refractivity contribution in [3.63, 3.8) is 0 Å². The molecule has 0 aliphatic rings. The van der Waals surface area contributed by atoms with Gasteiger partial charge in [-0.05, 0) is 12.8 Å². The molecule has 0 amide bonds. The third-order valence-electron chi connectivity index (χ3n) is 0.944. The largest absolute Gasteiger partial charge is 0.508 e. The maximum atomic E-state index is 10.5. The Morgan fingerprint density at radius 2 is 1.50 bits per heavy atom. The van der Waals surface area contributed by atoms with Gasteiger partial charge in [0.05, 0.1) is 20.3 Å². The van der Waals surface area contributed by atoms with Crippen LogP contribution in [0, 0.1) is 0 Å². The molecule has 14 heavy (non-hydrogen) atoms. The summed E-state index contributed by atoms with van der Waals surface area (Å²) in [6.07, 6.45) is 1.12. The highest BCUT2D eigenvalue weighted by molar-refractivity contribution is 5.59. The van der Waals surface area contributed by atoms with E-state index in [-0.39, 0.29) is 0 Å².